The van der Waals surface area contributed by atoms with E-state index in [9.17, 15) is 19.5 Å². The van der Waals surface area contributed by atoms with Crippen molar-refractivity contribution in [2.45, 2.75) is 46.1 Å². The third kappa shape index (κ3) is 4.85. The summed E-state index contributed by atoms with van der Waals surface area (Å²) in [6.07, 6.45) is 3.17. The number of aliphatic imine (C=N–C) groups is 1. The van der Waals surface area contributed by atoms with Gasteiger partial charge in [0.1, 0.15) is 0 Å². The molecule has 0 spiro atoms. The molecule has 1 heterocycles. The fourth-order valence-corrected chi connectivity index (χ4v) is 4.76. The average Bonchev–Trinajstić information content (AvgIpc) is 2.57. The topological polar surface area (TPSA) is 99.1 Å². The molecule has 8 heteroatoms. The first-order valence-electron chi connectivity index (χ1n) is 9.62. The highest BCUT2D eigenvalue weighted by molar-refractivity contribution is 6.33. The van der Waals surface area contributed by atoms with Crippen molar-refractivity contribution in [1.29, 1.82) is 0 Å². The van der Waals surface area contributed by atoms with Crippen LogP contribution in [0.1, 0.15) is 40.0 Å². The van der Waals surface area contributed by atoms with Crippen molar-refractivity contribution in [3.63, 3.8) is 0 Å². The molecule has 1 saturated heterocycles. The average molecular weight is 420 g/mol. The fraction of sp³-hybridized carbons (Fsp3) is 0.524. The van der Waals surface area contributed by atoms with E-state index < -0.39 is 29.9 Å². The van der Waals surface area contributed by atoms with Gasteiger partial charge in [-0.2, -0.15) is 0 Å². The van der Waals surface area contributed by atoms with Crippen molar-refractivity contribution in [2.24, 2.45) is 21.7 Å². The molecule has 1 aliphatic carbocycles. The summed E-state index contributed by atoms with van der Waals surface area (Å²) in [6, 6.07) is 5.41. The molecule has 4 amide bonds. The molecule has 29 heavy (non-hydrogen) atoms. The van der Waals surface area contributed by atoms with E-state index >= 15 is 0 Å². The Morgan fingerprint density at radius 1 is 1.21 bits per heavy atom. The Morgan fingerprint density at radius 3 is 2.48 bits per heavy atom. The summed E-state index contributed by atoms with van der Waals surface area (Å²) >= 11 is 5.86. The smallest absolute Gasteiger partial charge is 0.335 e. The molecular weight excluding hydrogens is 394 g/mol. The first-order valence-corrected chi connectivity index (χ1v) is 10.00. The summed E-state index contributed by atoms with van der Waals surface area (Å²) in [4.78, 5) is 42.6. The van der Waals surface area contributed by atoms with E-state index in [2.05, 4.69) is 31.1 Å². The molecule has 1 aromatic carbocycles. The number of nitrogens with zero attached hydrogens (tertiary/aromatic N) is 2. The van der Waals surface area contributed by atoms with Gasteiger partial charge < -0.3 is 5.11 Å². The van der Waals surface area contributed by atoms with Crippen LogP contribution < -0.4 is 10.2 Å². The van der Waals surface area contributed by atoms with Gasteiger partial charge in [0, 0.05) is 17.8 Å². The lowest BCUT2D eigenvalue weighted by Gasteiger charge is -2.44. The van der Waals surface area contributed by atoms with Gasteiger partial charge in [-0.05, 0) is 54.4 Å². The molecule has 2 N–H and O–H groups in total. The number of aliphatic hydroxyl groups excluding tert-OH is 1. The molecule has 1 saturated carbocycles. The van der Waals surface area contributed by atoms with Crippen molar-refractivity contribution in [2.75, 3.05) is 11.4 Å². The Balaban J connectivity index is 1.75. The molecule has 7 nitrogen and oxygen atoms in total. The zero-order chi connectivity index (χ0) is 21.4. The highest BCUT2D eigenvalue weighted by atomic mass is 35.5. The third-order valence-corrected chi connectivity index (χ3v) is 5.69. The van der Waals surface area contributed by atoms with Gasteiger partial charge in [-0.15, -0.1) is 0 Å². The van der Waals surface area contributed by atoms with E-state index in [1.807, 2.05) is 0 Å². The minimum Gasteiger partial charge on any atom is -0.393 e. The molecule has 2 aliphatic rings. The van der Waals surface area contributed by atoms with Gasteiger partial charge in [-0.25, -0.2) is 9.69 Å². The maximum Gasteiger partial charge on any atom is 0.335 e. The number of aliphatic hydroxyl groups is 1. The van der Waals surface area contributed by atoms with Gasteiger partial charge in [0.2, 0.25) is 5.91 Å². The van der Waals surface area contributed by atoms with Crippen molar-refractivity contribution in [1.82, 2.24) is 5.32 Å². The van der Waals surface area contributed by atoms with Crippen LogP contribution in [0.3, 0.4) is 0 Å². The number of imide groups is 2. The highest BCUT2D eigenvalue weighted by Crippen LogP contribution is 2.46. The van der Waals surface area contributed by atoms with Crippen LogP contribution in [0, 0.1) is 16.7 Å². The van der Waals surface area contributed by atoms with Crippen molar-refractivity contribution in [3.8, 4) is 0 Å². The van der Waals surface area contributed by atoms with Crippen molar-refractivity contribution < 1.29 is 19.5 Å². The number of amides is 4. The predicted molar refractivity (Wildman–Crippen MR) is 111 cm³/mol. The molecule has 3 rings (SSSR count). The Hall–Kier alpha value is -2.25. The molecule has 3 atom stereocenters. The Labute approximate surface area is 175 Å². The van der Waals surface area contributed by atoms with Crippen LogP contribution in [-0.2, 0) is 9.59 Å². The lowest BCUT2D eigenvalue weighted by Crippen LogP contribution is -2.58. The van der Waals surface area contributed by atoms with Gasteiger partial charge in [0.25, 0.3) is 5.91 Å². The number of hydrogen-bond acceptors (Lipinski definition) is 5. The zero-order valence-corrected chi connectivity index (χ0v) is 17.6. The number of nitrogens with one attached hydrogen (secondary N) is 1. The van der Waals surface area contributed by atoms with E-state index in [-0.39, 0.29) is 10.8 Å². The maximum atomic E-state index is 12.8. The third-order valence-electron chi connectivity index (χ3n) is 5.44. The molecule has 156 valence electrons. The second-order valence-electron chi connectivity index (χ2n) is 9.13. The van der Waals surface area contributed by atoms with Crippen LogP contribution in [0.2, 0.25) is 5.02 Å². The maximum absolute atomic E-state index is 12.8. The van der Waals surface area contributed by atoms with Gasteiger partial charge in [0.05, 0.1) is 11.8 Å². The summed E-state index contributed by atoms with van der Waals surface area (Å²) < 4.78 is 0. The van der Waals surface area contributed by atoms with Crippen LogP contribution in [0.4, 0.5) is 10.5 Å². The van der Waals surface area contributed by atoms with Gasteiger partial charge in [-0.1, -0.05) is 32.4 Å². The van der Waals surface area contributed by atoms with Gasteiger partial charge in [-0.3, -0.25) is 19.9 Å². The van der Waals surface area contributed by atoms with E-state index in [1.165, 1.54) is 18.3 Å². The predicted octanol–water partition coefficient (Wildman–Crippen LogP) is 3.19. The number of urea groups is 1. The van der Waals surface area contributed by atoms with Crippen molar-refractivity contribution >= 4 is 41.3 Å². The number of rotatable bonds is 4. The normalized spacial score (nSPS) is 30.0. The SMILES string of the molecule is CC1(C)C[C@H](O)C[C@](C)(CN=CC2C(=O)NC(=O)N(c3ccc(Cl)cc3)C2=O)C1. The first-order chi connectivity index (χ1) is 13.5. The summed E-state index contributed by atoms with van der Waals surface area (Å²) in [6.45, 7) is 6.68. The number of halogens is 1. The molecule has 1 aliphatic heterocycles. The summed E-state index contributed by atoms with van der Waals surface area (Å²) in [5, 5.41) is 12.9. The number of carbonyl (C=O) groups excluding carboxylic acids is 3. The number of carbonyl (C=O) groups is 3. The molecule has 0 radical (unpaired) electrons. The van der Waals surface area contributed by atoms with Gasteiger partial charge >= 0.3 is 6.03 Å². The monoisotopic (exact) mass is 419 g/mol. The van der Waals surface area contributed by atoms with Crippen LogP contribution in [0.15, 0.2) is 29.3 Å². The van der Waals surface area contributed by atoms with E-state index in [4.69, 9.17) is 11.6 Å². The van der Waals surface area contributed by atoms with Crippen LogP contribution in [-0.4, -0.2) is 41.8 Å². The van der Waals surface area contributed by atoms with E-state index in [0.29, 0.717) is 23.7 Å². The molecule has 1 unspecified atom stereocenters. The number of anilines is 1. The van der Waals surface area contributed by atoms with Crippen LogP contribution in [0.5, 0.6) is 0 Å². The molecule has 0 aromatic heterocycles. The quantitative estimate of drug-likeness (QED) is 0.578. The Morgan fingerprint density at radius 2 is 1.86 bits per heavy atom. The minimum absolute atomic E-state index is 0.00221. The summed E-state index contributed by atoms with van der Waals surface area (Å²) in [5.41, 5.74) is 0.0990. The lowest BCUT2D eigenvalue weighted by molar-refractivity contribution is -0.131. The number of barbiturate groups is 1. The van der Waals surface area contributed by atoms with Crippen LogP contribution in [0.25, 0.3) is 0 Å². The van der Waals surface area contributed by atoms with E-state index in [0.717, 1.165) is 17.7 Å². The van der Waals surface area contributed by atoms with Gasteiger partial charge in [0.15, 0.2) is 5.92 Å². The summed E-state index contributed by atoms with van der Waals surface area (Å²) in [7, 11) is 0. The van der Waals surface area contributed by atoms with Crippen LogP contribution >= 0.6 is 11.6 Å². The summed E-state index contributed by atoms with van der Waals surface area (Å²) in [5.74, 6) is -2.53. The second kappa shape index (κ2) is 7.88. The zero-order valence-electron chi connectivity index (χ0n) is 16.8. The number of hydrogen-bond donors (Lipinski definition) is 2. The van der Waals surface area contributed by atoms with Crippen molar-refractivity contribution in [3.05, 3.63) is 29.3 Å². The molecule has 0 bridgehead atoms. The van der Waals surface area contributed by atoms with E-state index in [1.54, 1.807) is 12.1 Å². The highest BCUT2D eigenvalue weighted by Gasteiger charge is 2.42. The molecule has 2 fully saturated rings. The Bertz CT molecular complexity index is 852. The second-order valence-corrected chi connectivity index (χ2v) is 9.56. The first kappa shape index (κ1) is 21.5. The lowest BCUT2D eigenvalue weighted by atomic mass is 9.63. The largest absolute Gasteiger partial charge is 0.393 e. The fourth-order valence-electron chi connectivity index (χ4n) is 4.63. The molecule has 1 aromatic rings. The molecular formula is C21H26ClN3O4. The Kier molecular flexibility index (Phi) is 5.83. The minimum atomic E-state index is -1.19. The number of benzene rings is 1. The standard InChI is InChI=1S/C21H26ClN3O4/c1-20(2)8-15(26)9-21(3,11-20)12-23-10-16-17(27)24-19(29)25(18(16)28)14-6-4-13(22)5-7-14/h4-7,10,15-16,26H,8-9,11-12H2,1-3H3,(H,24,27,29)/t15-,16?,21-/m0/s1.